The third kappa shape index (κ3) is 2.06. The molecule has 0 aliphatic heterocycles. The summed E-state index contributed by atoms with van der Waals surface area (Å²) in [5.74, 6) is 1.04. The molecule has 3 aromatic rings. The molecule has 1 aromatic carbocycles. The Morgan fingerprint density at radius 1 is 1.00 bits per heavy atom. The van der Waals surface area contributed by atoms with Gasteiger partial charge < -0.3 is 10.6 Å². The van der Waals surface area contributed by atoms with Crippen molar-refractivity contribution in [3.63, 3.8) is 0 Å². The van der Waals surface area contributed by atoms with Crippen LogP contribution in [0.5, 0.6) is 0 Å². The molecule has 0 aliphatic carbocycles. The first kappa shape index (κ1) is 11.4. The van der Waals surface area contributed by atoms with Gasteiger partial charge in [0.1, 0.15) is 0 Å². The maximum atomic E-state index is 5.99. The molecule has 5 heteroatoms. The highest BCUT2D eigenvalue weighted by Gasteiger charge is 2.11. The van der Waals surface area contributed by atoms with Gasteiger partial charge in [-0.05, 0) is 24.3 Å². The summed E-state index contributed by atoms with van der Waals surface area (Å²) in [6.45, 7) is 0. The summed E-state index contributed by atoms with van der Waals surface area (Å²) >= 11 is 0. The minimum absolute atomic E-state index is 0.407. The first-order chi connectivity index (χ1) is 9.25. The topological polar surface area (TPSA) is 67.9 Å². The fourth-order valence-corrected chi connectivity index (χ4v) is 1.93. The van der Waals surface area contributed by atoms with Crippen molar-refractivity contribution < 1.29 is 0 Å². The van der Waals surface area contributed by atoms with E-state index in [9.17, 15) is 0 Å². The number of benzene rings is 1. The van der Waals surface area contributed by atoms with E-state index in [0.29, 0.717) is 11.6 Å². The summed E-state index contributed by atoms with van der Waals surface area (Å²) < 4.78 is 0. The van der Waals surface area contributed by atoms with Gasteiger partial charge in [0.2, 0.25) is 0 Å². The summed E-state index contributed by atoms with van der Waals surface area (Å²) in [6, 6.07) is 11.5. The fraction of sp³-hybridized carbons (Fsp3) is 0.0714. The smallest absolute Gasteiger partial charge is 0.176 e. The van der Waals surface area contributed by atoms with Crippen LogP contribution in [0.15, 0.2) is 48.8 Å². The van der Waals surface area contributed by atoms with E-state index in [1.807, 2.05) is 48.3 Å². The number of aromatic nitrogens is 3. The predicted molar refractivity (Wildman–Crippen MR) is 76.3 cm³/mol. The van der Waals surface area contributed by atoms with E-state index in [4.69, 9.17) is 5.73 Å². The molecule has 0 saturated heterocycles. The van der Waals surface area contributed by atoms with E-state index in [0.717, 1.165) is 16.7 Å². The Morgan fingerprint density at radius 2 is 1.74 bits per heavy atom. The number of hydrogen-bond donors (Lipinski definition) is 1. The predicted octanol–water partition coefficient (Wildman–Crippen LogP) is 2.37. The summed E-state index contributed by atoms with van der Waals surface area (Å²) in [5.41, 5.74) is 8.52. The molecule has 0 saturated carbocycles. The van der Waals surface area contributed by atoms with E-state index in [-0.39, 0.29) is 0 Å². The molecular formula is C14H13N5. The van der Waals surface area contributed by atoms with E-state index >= 15 is 0 Å². The number of nitrogens with two attached hydrogens (primary N) is 1. The van der Waals surface area contributed by atoms with Crippen LogP contribution in [0.1, 0.15) is 0 Å². The SMILES string of the molecule is CN(c1cccnc1)c1nc2ccccc2nc1N. The van der Waals surface area contributed by atoms with Crippen LogP contribution < -0.4 is 10.6 Å². The zero-order valence-electron chi connectivity index (χ0n) is 10.5. The fourth-order valence-electron chi connectivity index (χ4n) is 1.93. The third-order valence-electron chi connectivity index (χ3n) is 2.93. The Morgan fingerprint density at radius 3 is 2.42 bits per heavy atom. The van der Waals surface area contributed by atoms with Crippen LogP contribution in [0.2, 0.25) is 0 Å². The Kier molecular flexibility index (Phi) is 2.72. The molecular weight excluding hydrogens is 238 g/mol. The Labute approximate surface area is 110 Å². The maximum Gasteiger partial charge on any atom is 0.176 e. The lowest BCUT2D eigenvalue weighted by Gasteiger charge is -2.19. The molecule has 94 valence electrons. The van der Waals surface area contributed by atoms with E-state index in [1.165, 1.54) is 0 Å². The number of anilines is 3. The van der Waals surface area contributed by atoms with E-state index in [1.54, 1.807) is 12.4 Å². The summed E-state index contributed by atoms with van der Waals surface area (Å²) in [5, 5.41) is 0. The molecule has 0 unspecified atom stereocenters. The summed E-state index contributed by atoms with van der Waals surface area (Å²) in [7, 11) is 1.90. The van der Waals surface area contributed by atoms with Gasteiger partial charge >= 0.3 is 0 Å². The summed E-state index contributed by atoms with van der Waals surface area (Å²) in [4.78, 5) is 14.9. The number of nitrogens with zero attached hydrogens (tertiary/aromatic N) is 4. The molecule has 3 rings (SSSR count). The zero-order valence-corrected chi connectivity index (χ0v) is 10.5. The van der Waals surface area contributed by atoms with Gasteiger partial charge in [-0.2, -0.15) is 0 Å². The van der Waals surface area contributed by atoms with Gasteiger partial charge in [0.25, 0.3) is 0 Å². The lowest BCUT2D eigenvalue weighted by molar-refractivity contribution is 1.11. The molecule has 2 aromatic heterocycles. The lowest BCUT2D eigenvalue weighted by atomic mass is 10.3. The van der Waals surface area contributed by atoms with Gasteiger partial charge in [-0.3, -0.25) is 4.98 Å². The van der Waals surface area contributed by atoms with Crippen molar-refractivity contribution in [2.45, 2.75) is 0 Å². The lowest BCUT2D eigenvalue weighted by Crippen LogP contribution is -2.14. The van der Waals surface area contributed by atoms with Crippen molar-refractivity contribution in [1.82, 2.24) is 15.0 Å². The number of fused-ring (bicyclic) bond motifs is 1. The molecule has 0 amide bonds. The largest absolute Gasteiger partial charge is 0.381 e. The highest BCUT2D eigenvalue weighted by Crippen LogP contribution is 2.26. The molecule has 0 fully saturated rings. The minimum atomic E-state index is 0.407. The molecule has 0 atom stereocenters. The van der Waals surface area contributed by atoms with Crippen LogP contribution in [0, 0.1) is 0 Å². The van der Waals surface area contributed by atoms with Crippen molar-refractivity contribution in [1.29, 1.82) is 0 Å². The summed E-state index contributed by atoms with van der Waals surface area (Å²) in [6.07, 6.45) is 3.49. The van der Waals surface area contributed by atoms with Crippen LogP contribution >= 0.6 is 0 Å². The number of nitrogen functional groups attached to an aromatic ring is 1. The molecule has 0 spiro atoms. The van der Waals surface area contributed by atoms with Crippen LogP contribution in [-0.2, 0) is 0 Å². The Balaban J connectivity index is 2.12. The first-order valence-corrected chi connectivity index (χ1v) is 5.92. The zero-order chi connectivity index (χ0) is 13.2. The van der Waals surface area contributed by atoms with Gasteiger partial charge in [-0.1, -0.05) is 12.1 Å². The molecule has 19 heavy (non-hydrogen) atoms. The van der Waals surface area contributed by atoms with Gasteiger partial charge in [0, 0.05) is 13.2 Å². The Hall–Kier alpha value is -2.69. The molecule has 2 N–H and O–H groups in total. The van der Waals surface area contributed by atoms with Gasteiger partial charge in [-0.15, -0.1) is 0 Å². The molecule has 0 radical (unpaired) electrons. The molecule has 0 aliphatic rings. The van der Waals surface area contributed by atoms with Crippen molar-refractivity contribution in [3.05, 3.63) is 48.8 Å². The van der Waals surface area contributed by atoms with Crippen molar-refractivity contribution >= 4 is 28.4 Å². The second-order valence-corrected chi connectivity index (χ2v) is 4.19. The monoisotopic (exact) mass is 251 g/mol. The van der Waals surface area contributed by atoms with Gasteiger partial charge in [-0.25, -0.2) is 9.97 Å². The second kappa shape index (κ2) is 4.53. The van der Waals surface area contributed by atoms with E-state index in [2.05, 4.69) is 15.0 Å². The van der Waals surface area contributed by atoms with Crippen molar-refractivity contribution in [2.75, 3.05) is 17.7 Å². The number of rotatable bonds is 2. The van der Waals surface area contributed by atoms with Gasteiger partial charge in [0.05, 0.1) is 22.9 Å². The van der Waals surface area contributed by atoms with E-state index < -0.39 is 0 Å². The number of pyridine rings is 1. The normalized spacial score (nSPS) is 10.6. The standard InChI is InChI=1S/C14H13N5/c1-19(10-5-4-8-16-9-10)14-13(15)17-11-6-2-3-7-12(11)18-14/h2-9H,1H3,(H2,15,17). The highest BCUT2D eigenvalue weighted by atomic mass is 15.2. The van der Waals surface area contributed by atoms with Gasteiger partial charge in [0.15, 0.2) is 11.6 Å². The second-order valence-electron chi connectivity index (χ2n) is 4.19. The van der Waals surface area contributed by atoms with Crippen LogP contribution in [0.3, 0.4) is 0 Å². The van der Waals surface area contributed by atoms with Crippen LogP contribution in [0.4, 0.5) is 17.3 Å². The molecule has 0 bridgehead atoms. The van der Waals surface area contributed by atoms with Crippen molar-refractivity contribution in [2.24, 2.45) is 0 Å². The minimum Gasteiger partial charge on any atom is -0.381 e. The van der Waals surface area contributed by atoms with Crippen molar-refractivity contribution in [3.8, 4) is 0 Å². The third-order valence-corrected chi connectivity index (χ3v) is 2.93. The average molecular weight is 251 g/mol. The maximum absolute atomic E-state index is 5.99. The first-order valence-electron chi connectivity index (χ1n) is 5.92. The Bertz CT molecular complexity index is 711. The average Bonchev–Trinajstić information content (AvgIpc) is 2.47. The number of hydrogen-bond acceptors (Lipinski definition) is 5. The molecule has 5 nitrogen and oxygen atoms in total. The van der Waals surface area contributed by atoms with Crippen LogP contribution in [0.25, 0.3) is 11.0 Å². The number of para-hydroxylation sites is 2. The highest BCUT2D eigenvalue weighted by molar-refractivity contribution is 5.81. The quantitative estimate of drug-likeness (QED) is 0.757. The van der Waals surface area contributed by atoms with Crippen LogP contribution in [-0.4, -0.2) is 22.0 Å². The molecule has 2 heterocycles.